The van der Waals surface area contributed by atoms with Crippen LogP contribution >= 0.6 is 15.9 Å². The van der Waals surface area contributed by atoms with E-state index >= 15 is 0 Å². The maximum Gasteiger partial charge on any atom is 0.265 e. The van der Waals surface area contributed by atoms with E-state index in [1.54, 1.807) is 25.1 Å². The Kier molecular flexibility index (Phi) is 6.65. The van der Waals surface area contributed by atoms with Gasteiger partial charge in [0, 0.05) is 4.47 Å². The molecule has 1 unspecified atom stereocenters. The van der Waals surface area contributed by atoms with Gasteiger partial charge in [-0.1, -0.05) is 40.7 Å². The van der Waals surface area contributed by atoms with Crippen LogP contribution in [0.1, 0.15) is 18.1 Å². The Labute approximate surface area is 157 Å². The number of nitrogens with one attached hydrogen (secondary N) is 1. The van der Waals surface area contributed by atoms with Crippen molar-refractivity contribution in [3.63, 3.8) is 0 Å². The van der Waals surface area contributed by atoms with Gasteiger partial charge in [0.25, 0.3) is 5.91 Å². The molecule has 2 aromatic rings. The highest BCUT2D eigenvalue weighted by Crippen LogP contribution is 2.29. The standard InChI is InChI=1S/C20H22BrNO3/c1-5-10-24-18-9-7-6-8-17(18)22-20(23)15(4)25-19-13(2)11-16(21)12-14(19)3/h5-9,11-12,15H,1,10H2,2-4H3,(H,22,23). The predicted octanol–water partition coefficient (Wildman–Crippen LogP) is 5.04. The lowest BCUT2D eigenvalue weighted by atomic mass is 10.1. The monoisotopic (exact) mass is 403 g/mol. The zero-order valence-electron chi connectivity index (χ0n) is 14.6. The fourth-order valence-electron chi connectivity index (χ4n) is 2.39. The normalized spacial score (nSPS) is 11.5. The van der Waals surface area contributed by atoms with Crippen LogP contribution in [-0.2, 0) is 4.79 Å². The Morgan fingerprint density at radius 3 is 2.56 bits per heavy atom. The Morgan fingerprint density at radius 1 is 1.28 bits per heavy atom. The molecule has 5 heteroatoms. The second-order valence-corrected chi connectivity index (χ2v) is 6.63. The summed E-state index contributed by atoms with van der Waals surface area (Å²) in [6.07, 6.45) is 1.01. The van der Waals surface area contributed by atoms with Gasteiger partial charge in [0.05, 0.1) is 5.69 Å². The molecule has 0 radical (unpaired) electrons. The van der Waals surface area contributed by atoms with Crippen molar-refractivity contribution in [2.24, 2.45) is 0 Å². The third-order valence-corrected chi connectivity index (χ3v) is 4.05. The van der Waals surface area contributed by atoms with E-state index in [-0.39, 0.29) is 5.91 Å². The second-order valence-electron chi connectivity index (χ2n) is 5.71. The molecule has 1 atom stereocenters. The van der Waals surface area contributed by atoms with E-state index in [1.165, 1.54) is 0 Å². The summed E-state index contributed by atoms with van der Waals surface area (Å²) in [5.74, 6) is 1.08. The highest BCUT2D eigenvalue weighted by atomic mass is 79.9. The Morgan fingerprint density at radius 2 is 1.92 bits per heavy atom. The average molecular weight is 404 g/mol. The molecule has 25 heavy (non-hydrogen) atoms. The van der Waals surface area contributed by atoms with Crippen LogP contribution in [-0.4, -0.2) is 18.6 Å². The van der Waals surface area contributed by atoms with Crippen LogP contribution in [0.15, 0.2) is 53.5 Å². The molecule has 0 aliphatic heterocycles. The molecule has 0 bridgehead atoms. The maximum absolute atomic E-state index is 12.5. The minimum atomic E-state index is -0.647. The van der Waals surface area contributed by atoms with Gasteiger partial charge in [0.15, 0.2) is 6.10 Å². The summed E-state index contributed by atoms with van der Waals surface area (Å²) in [6, 6.07) is 11.2. The number of rotatable bonds is 7. The number of anilines is 1. The Bertz CT molecular complexity index is 750. The quantitative estimate of drug-likeness (QED) is 0.658. The number of ether oxygens (including phenoxy) is 2. The fraction of sp³-hybridized carbons (Fsp3) is 0.250. The van der Waals surface area contributed by atoms with E-state index in [4.69, 9.17) is 9.47 Å². The Balaban J connectivity index is 2.10. The van der Waals surface area contributed by atoms with Gasteiger partial charge in [-0.3, -0.25) is 4.79 Å². The molecule has 0 saturated carbocycles. The van der Waals surface area contributed by atoms with Gasteiger partial charge in [-0.25, -0.2) is 0 Å². The summed E-state index contributed by atoms with van der Waals surface area (Å²) >= 11 is 3.46. The van der Waals surface area contributed by atoms with E-state index in [1.807, 2.05) is 38.1 Å². The van der Waals surface area contributed by atoms with Crippen molar-refractivity contribution >= 4 is 27.5 Å². The number of benzene rings is 2. The van der Waals surface area contributed by atoms with E-state index in [2.05, 4.69) is 27.8 Å². The van der Waals surface area contributed by atoms with Crippen LogP contribution in [0.4, 0.5) is 5.69 Å². The topological polar surface area (TPSA) is 47.6 Å². The highest BCUT2D eigenvalue weighted by molar-refractivity contribution is 9.10. The number of hydrogen-bond donors (Lipinski definition) is 1. The lowest BCUT2D eigenvalue weighted by Gasteiger charge is -2.19. The number of halogens is 1. The molecule has 2 aromatic carbocycles. The van der Waals surface area contributed by atoms with Crippen molar-refractivity contribution in [1.82, 2.24) is 0 Å². The van der Waals surface area contributed by atoms with Crippen molar-refractivity contribution in [3.8, 4) is 11.5 Å². The maximum atomic E-state index is 12.5. The van der Waals surface area contributed by atoms with Crippen molar-refractivity contribution in [3.05, 3.63) is 64.7 Å². The largest absolute Gasteiger partial charge is 0.487 e. The van der Waals surface area contributed by atoms with E-state index in [0.29, 0.717) is 18.0 Å². The SMILES string of the molecule is C=CCOc1ccccc1NC(=O)C(C)Oc1c(C)cc(Br)cc1C. The lowest BCUT2D eigenvalue weighted by Crippen LogP contribution is -2.30. The third kappa shape index (κ3) is 5.10. The zero-order valence-corrected chi connectivity index (χ0v) is 16.2. The van der Waals surface area contributed by atoms with E-state index in [9.17, 15) is 4.79 Å². The van der Waals surface area contributed by atoms with Crippen LogP contribution in [0.3, 0.4) is 0 Å². The molecule has 0 saturated heterocycles. The molecule has 1 N–H and O–H groups in total. The molecule has 0 spiro atoms. The summed E-state index contributed by atoms with van der Waals surface area (Å²) in [5.41, 5.74) is 2.55. The number of carbonyl (C=O) groups excluding carboxylic acids is 1. The Hall–Kier alpha value is -2.27. The fourth-order valence-corrected chi connectivity index (χ4v) is 3.08. The molecule has 1 amide bonds. The van der Waals surface area contributed by atoms with Crippen molar-refractivity contribution in [1.29, 1.82) is 0 Å². The summed E-state index contributed by atoms with van der Waals surface area (Å²) < 4.78 is 12.4. The first-order chi connectivity index (χ1) is 11.9. The van der Waals surface area contributed by atoms with Gasteiger partial charge in [-0.2, -0.15) is 0 Å². The number of hydrogen-bond acceptors (Lipinski definition) is 3. The number of aryl methyl sites for hydroxylation is 2. The highest BCUT2D eigenvalue weighted by Gasteiger charge is 2.18. The molecule has 2 rings (SSSR count). The molecule has 0 heterocycles. The molecular weight excluding hydrogens is 382 g/mol. The minimum Gasteiger partial charge on any atom is -0.487 e. The van der Waals surface area contributed by atoms with Crippen LogP contribution < -0.4 is 14.8 Å². The van der Waals surface area contributed by atoms with Gasteiger partial charge in [0.2, 0.25) is 0 Å². The molecule has 0 fully saturated rings. The zero-order chi connectivity index (χ0) is 18.4. The summed E-state index contributed by atoms with van der Waals surface area (Å²) in [7, 11) is 0. The predicted molar refractivity (Wildman–Crippen MR) is 104 cm³/mol. The second kappa shape index (κ2) is 8.72. The van der Waals surface area contributed by atoms with Gasteiger partial charge >= 0.3 is 0 Å². The molecule has 0 aromatic heterocycles. The van der Waals surface area contributed by atoms with Crippen molar-refractivity contribution < 1.29 is 14.3 Å². The summed E-state index contributed by atoms with van der Waals surface area (Å²) in [5, 5.41) is 2.86. The molecular formula is C20H22BrNO3. The summed E-state index contributed by atoms with van der Waals surface area (Å²) in [4.78, 5) is 12.5. The van der Waals surface area contributed by atoms with E-state index < -0.39 is 6.10 Å². The van der Waals surface area contributed by atoms with Gasteiger partial charge < -0.3 is 14.8 Å². The summed E-state index contributed by atoms with van der Waals surface area (Å²) in [6.45, 7) is 9.63. The van der Waals surface area contributed by atoms with Crippen LogP contribution in [0.2, 0.25) is 0 Å². The number of para-hydroxylation sites is 2. The number of carbonyl (C=O) groups is 1. The van der Waals surface area contributed by atoms with Crippen LogP contribution in [0.25, 0.3) is 0 Å². The van der Waals surface area contributed by atoms with E-state index in [0.717, 1.165) is 21.3 Å². The van der Waals surface area contributed by atoms with Crippen molar-refractivity contribution in [2.75, 3.05) is 11.9 Å². The van der Waals surface area contributed by atoms with Gasteiger partial charge in [-0.15, -0.1) is 0 Å². The first kappa shape index (κ1) is 19.1. The number of amides is 1. The van der Waals surface area contributed by atoms with Gasteiger partial charge in [0.1, 0.15) is 18.1 Å². The average Bonchev–Trinajstić information content (AvgIpc) is 2.57. The van der Waals surface area contributed by atoms with Crippen molar-refractivity contribution in [2.45, 2.75) is 26.9 Å². The minimum absolute atomic E-state index is 0.239. The first-order valence-electron chi connectivity index (χ1n) is 7.99. The first-order valence-corrected chi connectivity index (χ1v) is 8.78. The smallest absolute Gasteiger partial charge is 0.265 e. The van der Waals surface area contributed by atoms with Crippen LogP contribution in [0, 0.1) is 13.8 Å². The molecule has 0 aliphatic carbocycles. The lowest BCUT2D eigenvalue weighted by molar-refractivity contribution is -0.122. The molecule has 4 nitrogen and oxygen atoms in total. The molecule has 0 aliphatic rings. The van der Waals surface area contributed by atoms with Crippen LogP contribution in [0.5, 0.6) is 11.5 Å². The van der Waals surface area contributed by atoms with Gasteiger partial charge in [-0.05, 0) is 56.2 Å². The molecule has 132 valence electrons. The third-order valence-electron chi connectivity index (χ3n) is 3.59.